The van der Waals surface area contributed by atoms with Crippen molar-refractivity contribution in [2.24, 2.45) is 11.8 Å². The van der Waals surface area contributed by atoms with Gasteiger partial charge in [0.2, 0.25) is 0 Å². The van der Waals surface area contributed by atoms with Gasteiger partial charge in [0.25, 0.3) is 0 Å². The minimum atomic E-state index is -4.63. The summed E-state index contributed by atoms with van der Waals surface area (Å²) in [6.07, 6.45) is -0.0842. The molecule has 1 N–H and O–H groups in total. The van der Waals surface area contributed by atoms with E-state index in [2.05, 4.69) is 17.0 Å². The molecule has 2 nitrogen and oxygen atoms in total. The monoisotopic (exact) mass is 301 g/mol. The van der Waals surface area contributed by atoms with Crippen LogP contribution in [0.4, 0.5) is 13.2 Å². The summed E-state index contributed by atoms with van der Waals surface area (Å²) < 4.78 is 40.2. The van der Waals surface area contributed by atoms with E-state index in [0.29, 0.717) is 12.0 Å². The van der Waals surface area contributed by atoms with Gasteiger partial charge in [-0.1, -0.05) is 25.5 Å². The maximum atomic E-state index is 12.1. The van der Waals surface area contributed by atoms with Crippen molar-refractivity contribution < 1.29 is 17.9 Å². The first kappa shape index (κ1) is 16.1. The zero-order valence-electron chi connectivity index (χ0n) is 12.4. The van der Waals surface area contributed by atoms with Crippen LogP contribution in [0.2, 0.25) is 0 Å². The Bertz CT molecular complexity index is 444. The van der Waals surface area contributed by atoms with Gasteiger partial charge in [-0.2, -0.15) is 0 Å². The van der Waals surface area contributed by atoms with E-state index in [1.165, 1.54) is 31.4 Å². The first-order chi connectivity index (χ1) is 9.87. The van der Waals surface area contributed by atoms with Crippen molar-refractivity contribution in [1.82, 2.24) is 5.32 Å². The maximum absolute atomic E-state index is 12.1. The number of halogens is 3. The van der Waals surface area contributed by atoms with E-state index in [9.17, 15) is 13.2 Å². The summed E-state index contributed by atoms with van der Waals surface area (Å²) in [5.74, 6) is 1.26. The predicted molar refractivity (Wildman–Crippen MR) is 76.2 cm³/mol. The van der Waals surface area contributed by atoms with Crippen molar-refractivity contribution >= 4 is 0 Å². The largest absolute Gasteiger partial charge is 0.573 e. The van der Waals surface area contributed by atoms with Crippen LogP contribution in [0.15, 0.2) is 24.3 Å². The second-order valence-corrected chi connectivity index (χ2v) is 5.97. The minimum Gasteiger partial charge on any atom is -0.406 e. The molecule has 1 aromatic rings. The average Bonchev–Trinajstić information content (AvgIpc) is 2.82. The fraction of sp³-hybridized carbons (Fsp3) is 0.625. The lowest BCUT2D eigenvalue weighted by molar-refractivity contribution is -0.274. The molecule has 1 aliphatic rings. The first-order valence-electron chi connectivity index (χ1n) is 7.39. The maximum Gasteiger partial charge on any atom is 0.573 e. The molecule has 0 heterocycles. The standard InChI is InChI=1S/C16H22F3NO/c1-11-3-6-13(9-11)15(20-2)10-12-4-7-14(8-5-12)21-16(17,18)19/h4-5,7-8,11,13,15,20H,3,6,9-10H2,1-2H3. The van der Waals surface area contributed by atoms with Gasteiger partial charge in [0, 0.05) is 6.04 Å². The van der Waals surface area contributed by atoms with Gasteiger partial charge in [-0.25, -0.2) is 0 Å². The number of rotatable bonds is 5. The first-order valence-corrected chi connectivity index (χ1v) is 7.39. The number of nitrogens with one attached hydrogen (secondary N) is 1. The zero-order valence-corrected chi connectivity index (χ0v) is 12.4. The lowest BCUT2D eigenvalue weighted by Gasteiger charge is -2.23. The smallest absolute Gasteiger partial charge is 0.406 e. The number of alkyl halides is 3. The van der Waals surface area contributed by atoms with Crippen molar-refractivity contribution in [2.45, 2.75) is 45.0 Å². The minimum absolute atomic E-state index is 0.165. The molecule has 2 rings (SSSR count). The summed E-state index contributed by atoms with van der Waals surface area (Å²) >= 11 is 0. The van der Waals surface area contributed by atoms with E-state index in [0.717, 1.165) is 17.9 Å². The van der Waals surface area contributed by atoms with Crippen molar-refractivity contribution in [2.75, 3.05) is 7.05 Å². The number of hydrogen-bond donors (Lipinski definition) is 1. The fourth-order valence-corrected chi connectivity index (χ4v) is 3.20. The Kier molecular flexibility index (Phi) is 5.14. The highest BCUT2D eigenvalue weighted by Gasteiger charge is 2.31. The third-order valence-corrected chi connectivity index (χ3v) is 4.29. The van der Waals surface area contributed by atoms with Gasteiger partial charge >= 0.3 is 6.36 Å². The topological polar surface area (TPSA) is 21.3 Å². The van der Waals surface area contributed by atoms with Crippen LogP contribution < -0.4 is 10.1 Å². The van der Waals surface area contributed by atoms with E-state index >= 15 is 0 Å². The summed E-state index contributed by atoms with van der Waals surface area (Å²) in [5.41, 5.74) is 1.03. The molecule has 5 heteroatoms. The van der Waals surface area contributed by atoms with Gasteiger partial charge in [0.05, 0.1) is 0 Å². The summed E-state index contributed by atoms with van der Waals surface area (Å²) in [5, 5.41) is 3.35. The molecule has 1 aromatic carbocycles. The van der Waals surface area contributed by atoms with Crippen molar-refractivity contribution in [1.29, 1.82) is 0 Å². The van der Waals surface area contributed by atoms with Crippen LogP contribution in [0.1, 0.15) is 31.7 Å². The Morgan fingerprint density at radius 2 is 1.90 bits per heavy atom. The second-order valence-electron chi connectivity index (χ2n) is 5.97. The highest BCUT2D eigenvalue weighted by atomic mass is 19.4. The lowest BCUT2D eigenvalue weighted by atomic mass is 9.91. The molecule has 0 aromatic heterocycles. The SMILES string of the molecule is CNC(Cc1ccc(OC(F)(F)F)cc1)C1CCC(C)C1. The molecule has 3 unspecified atom stereocenters. The Hall–Kier alpha value is -1.23. The molecular formula is C16H22F3NO. The Morgan fingerprint density at radius 3 is 2.38 bits per heavy atom. The van der Waals surface area contributed by atoms with E-state index in [1.54, 1.807) is 12.1 Å². The zero-order chi connectivity index (χ0) is 15.5. The highest BCUT2D eigenvalue weighted by molar-refractivity contribution is 5.28. The molecule has 21 heavy (non-hydrogen) atoms. The van der Waals surface area contributed by atoms with Crippen molar-refractivity contribution in [3.8, 4) is 5.75 Å². The summed E-state index contributed by atoms with van der Waals surface area (Å²) in [4.78, 5) is 0. The quantitative estimate of drug-likeness (QED) is 0.882. The fourth-order valence-electron chi connectivity index (χ4n) is 3.20. The average molecular weight is 301 g/mol. The van der Waals surface area contributed by atoms with Gasteiger partial charge < -0.3 is 10.1 Å². The highest BCUT2D eigenvalue weighted by Crippen LogP contribution is 2.33. The molecule has 0 radical (unpaired) electrons. The molecule has 118 valence electrons. The lowest BCUT2D eigenvalue weighted by Crippen LogP contribution is -2.34. The van der Waals surface area contributed by atoms with Crippen molar-refractivity contribution in [3.05, 3.63) is 29.8 Å². The van der Waals surface area contributed by atoms with E-state index in [-0.39, 0.29) is 5.75 Å². The number of hydrogen-bond acceptors (Lipinski definition) is 2. The molecule has 0 amide bonds. The van der Waals surface area contributed by atoms with Crippen LogP contribution >= 0.6 is 0 Å². The van der Waals surface area contributed by atoms with E-state index in [4.69, 9.17) is 0 Å². The van der Waals surface area contributed by atoms with Crippen LogP contribution in [0.25, 0.3) is 0 Å². The summed E-state index contributed by atoms with van der Waals surface area (Å²) in [7, 11) is 1.95. The van der Waals surface area contributed by atoms with E-state index < -0.39 is 6.36 Å². The normalized spacial score (nSPS) is 24.0. The van der Waals surface area contributed by atoms with Crippen LogP contribution in [-0.2, 0) is 6.42 Å². The third kappa shape index (κ3) is 4.92. The van der Waals surface area contributed by atoms with Crippen LogP contribution in [-0.4, -0.2) is 19.5 Å². The number of benzene rings is 1. The molecule has 0 spiro atoms. The Labute approximate surface area is 123 Å². The van der Waals surface area contributed by atoms with Gasteiger partial charge in [-0.3, -0.25) is 0 Å². The predicted octanol–water partition coefficient (Wildman–Crippen LogP) is 4.15. The summed E-state index contributed by atoms with van der Waals surface area (Å²) in [6, 6.07) is 6.57. The second kappa shape index (κ2) is 6.69. The molecule has 0 bridgehead atoms. The van der Waals surface area contributed by atoms with Crippen LogP contribution in [0.5, 0.6) is 5.75 Å². The van der Waals surface area contributed by atoms with Gasteiger partial charge in [-0.15, -0.1) is 13.2 Å². The third-order valence-electron chi connectivity index (χ3n) is 4.29. The number of likely N-dealkylation sites (N-methyl/N-ethyl adjacent to an activating group) is 1. The van der Waals surface area contributed by atoms with Gasteiger partial charge in [0.1, 0.15) is 5.75 Å². The Balaban J connectivity index is 1.95. The molecule has 0 saturated heterocycles. The van der Waals surface area contributed by atoms with E-state index in [1.807, 2.05) is 7.05 Å². The molecular weight excluding hydrogens is 279 g/mol. The van der Waals surface area contributed by atoms with Crippen molar-refractivity contribution in [3.63, 3.8) is 0 Å². The van der Waals surface area contributed by atoms with Gasteiger partial charge in [-0.05, 0) is 55.8 Å². The van der Waals surface area contributed by atoms with Crippen LogP contribution in [0, 0.1) is 11.8 Å². The summed E-state index contributed by atoms with van der Waals surface area (Å²) in [6.45, 7) is 2.27. The molecule has 3 atom stereocenters. The van der Waals surface area contributed by atoms with Crippen LogP contribution in [0.3, 0.4) is 0 Å². The number of ether oxygens (including phenoxy) is 1. The molecule has 0 aliphatic heterocycles. The molecule has 1 fully saturated rings. The molecule has 1 saturated carbocycles. The molecule has 1 aliphatic carbocycles. The Morgan fingerprint density at radius 1 is 1.24 bits per heavy atom. The van der Waals surface area contributed by atoms with Gasteiger partial charge in [0.15, 0.2) is 0 Å².